The molecule has 0 saturated carbocycles. The third kappa shape index (κ3) is 2.38. The maximum absolute atomic E-state index is 5.59. The van der Waals surface area contributed by atoms with Crippen LogP contribution < -0.4 is 4.74 Å². The fraction of sp³-hybridized carbons (Fsp3) is 0.125. The highest BCUT2D eigenvalue weighted by molar-refractivity contribution is 5.35. The van der Waals surface area contributed by atoms with Crippen molar-refractivity contribution in [1.82, 2.24) is 4.90 Å². The molecule has 0 aromatic heterocycles. The van der Waals surface area contributed by atoms with Crippen molar-refractivity contribution in [1.29, 1.82) is 0 Å². The van der Waals surface area contributed by atoms with Crippen LogP contribution in [0.4, 0.5) is 0 Å². The molecule has 0 unspecified atom stereocenters. The summed E-state index contributed by atoms with van der Waals surface area (Å²) in [6.07, 6.45) is 3.77. The van der Waals surface area contributed by atoms with Gasteiger partial charge in [0.1, 0.15) is 12.0 Å². The van der Waals surface area contributed by atoms with Crippen molar-refractivity contribution in [3.63, 3.8) is 0 Å². The van der Waals surface area contributed by atoms with Crippen LogP contribution >= 0.6 is 0 Å². The van der Waals surface area contributed by atoms with Gasteiger partial charge in [-0.05, 0) is 11.6 Å². The first-order valence-electron chi connectivity index (χ1n) is 6.11. The summed E-state index contributed by atoms with van der Waals surface area (Å²) in [7, 11) is 0. The van der Waals surface area contributed by atoms with E-state index in [0.717, 1.165) is 18.8 Å². The smallest absolute Gasteiger partial charge is 0.131 e. The first-order valence-corrected chi connectivity index (χ1v) is 6.11. The monoisotopic (exact) mass is 237 g/mol. The Bertz CT molecular complexity index is 548. The molecule has 18 heavy (non-hydrogen) atoms. The standard InChI is InChI=1S/C16H15NO/c1-2-6-14(7-3-1)12-17-10-11-18-16-9-5-4-8-15(16)13-17/h1-11H,12-13H2. The molecule has 1 aliphatic heterocycles. The van der Waals surface area contributed by atoms with Gasteiger partial charge in [-0.15, -0.1) is 0 Å². The van der Waals surface area contributed by atoms with Crippen molar-refractivity contribution in [3.8, 4) is 5.75 Å². The van der Waals surface area contributed by atoms with E-state index in [4.69, 9.17) is 4.74 Å². The zero-order chi connectivity index (χ0) is 12.2. The van der Waals surface area contributed by atoms with Crippen molar-refractivity contribution in [2.45, 2.75) is 13.1 Å². The molecule has 0 bridgehead atoms. The quantitative estimate of drug-likeness (QED) is 0.792. The van der Waals surface area contributed by atoms with Gasteiger partial charge in [-0.25, -0.2) is 0 Å². The molecule has 90 valence electrons. The van der Waals surface area contributed by atoms with Gasteiger partial charge in [0.05, 0.1) is 0 Å². The van der Waals surface area contributed by atoms with E-state index in [-0.39, 0.29) is 0 Å². The van der Waals surface area contributed by atoms with Crippen LogP contribution in [0.1, 0.15) is 11.1 Å². The normalized spacial score (nSPS) is 13.7. The highest BCUT2D eigenvalue weighted by Crippen LogP contribution is 2.23. The molecule has 2 nitrogen and oxygen atoms in total. The van der Waals surface area contributed by atoms with Crippen molar-refractivity contribution < 1.29 is 4.74 Å². The minimum atomic E-state index is 0.877. The Morgan fingerprint density at radius 2 is 1.72 bits per heavy atom. The van der Waals surface area contributed by atoms with Crippen LogP contribution in [0.15, 0.2) is 67.1 Å². The molecule has 2 aromatic carbocycles. The summed E-state index contributed by atoms with van der Waals surface area (Å²) in [6.45, 7) is 1.77. The maximum atomic E-state index is 5.59. The second kappa shape index (κ2) is 4.96. The highest BCUT2D eigenvalue weighted by Gasteiger charge is 2.10. The first-order chi connectivity index (χ1) is 8.92. The lowest BCUT2D eigenvalue weighted by molar-refractivity contribution is 0.362. The molecule has 0 aliphatic carbocycles. The van der Waals surface area contributed by atoms with E-state index in [9.17, 15) is 0 Å². The molecule has 1 heterocycles. The van der Waals surface area contributed by atoms with Crippen LogP contribution in [-0.2, 0) is 13.1 Å². The Labute approximate surface area is 107 Å². The maximum Gasteiger partial charge on any atom is 0.131 e. The van der Waals surface area contributed by atoms with Gasteiger partial charge in [0.15, 0.2) is 0 Å². The van der Waals surface area contributed by atoms with Crippen molar-refractivity contribution in [2.75, 3.05) is 0 Å². The van der Waals surface area contributed by atoms with Crippen LogP contribution in [0.3, 0.4) is 0 Å². The summed E-state index contributed by atoms with van der Waals surface area (Å²) in [5.41, 5.74) is 2.53. The SMILES string of the molecule is C1=CN(Cc2ccccc2)Cc2ccccc2O1. The van der Waals surface area contributed by atoms with Gasteiger partial charge in [0, 0.05) is 24.9 Å². The van der Waals surface area contributed by atoms with E-state index in [2.05, 4.69) is 35.2 Å². The number of para-hydroxylation sites is 1. The summed E-state index contributed by atoms with van der Waals surface area (Å²) in [5, 5.41) is 0. The van der Waals surface area contributed by atoms with E-state index in [1.54, 1.807) is 6.26 Å². The Balaban J connectivity index is 1.79. The molecule has 0 saturated heterocycles. The Kier molecular flexibility index (Phi) is 3.01. The number of ether oxygens (including phenoxy) is 1. The van der Waals surface area contributed by atoms with Gasteiger partial charge in [-0.3, -0.25) is 0 Å². The van der Waals surface area contributed by atoms with Crippen molar-refractivity contribution >= 4 is 0 Å². The lowest BCUT2D eigenvalue weighted by Gasteiger charge is -2.18. The summed E-state index contributed by atoms with van der Waals surface area (Å²) in [4.78, 5) is 2.25. The van der Waals surface area contributed by atoms with Crippen LogP contribution in [-0.4, -0.2) is 4.90 Å². The lowest BCUT2D eigenvalue weighted by atomic mass is 10.1. The molecular formula is C16H15NO. The molecule has 2 aromatic rings. The molecule has 0 atom stereocenters. The third-order valence-electron chi connectivity index (χ3n) is 3.04. The second-order valence-electron chi connectivity index (χ2n) is 4.40. The average Bonchev–Trinajstić information content (AvgIpc) is 2.61. The number of benzene rings is 2. The first kappa shape index (κ1) is 10.9. The van der Waals surface area contributed by atoms with Crippen molar-refractivity contribution in [2.24, 2.45) is 0 Å². The lowest BCUT2D eigenvalue weighted by Crippen LogP contribution is -2.15. The number of hydrogen-bond donors (Lipinski definition) is 0. The molecule has 0 fully saturated rings. The van der Waals surface area contributed by atoms with Crippen LogP contribution in [0.2, 0.25) is 0 Å². The zero-order valence-electron chi connectivity index (χ0n) is 10.1. The van der Waals surface area contributed by atoms with E-state index >= 15 is 0 Å². The number of nitrogens with zero attached hydrogens (tertiary/aromatic N) is 1. The molecule has 0 spiro atoms. The third-order valence-corrected chi connectivity index (χ3v) is 3.04. The van der Waals surface area contributed by atoms with Gasteiger partial charge in [0.25, 0.3) is 0 Å². The fourth-order valence-corrected chi connectivity index (χ4v) is 2.14. The number of hydrogen-bond acceptors (Lipinski definition) is 2. The molecule has 0 N–H and O–H groups in total. The minimum Gasteiger partial charge on any atom is -0.463 e. The average molecular weight is 237 g/mol. The van der Waals surface area contributed by atoms with Gasteiger partial charge >= 0.3 is 0 Å². The molecule has 0 amide bonds. The summed E-state index contributed by atoms with van der Waals surface area (Å²) < 4.78 is 5.59. The predicted molar refractivity (Wildman–Crippen MR) is 71.9 cm³/mol. The highest BCUT2D eigenvalue weighted by atomic mass is 16.5. The van der Waals surface area contributed by atoms with Crippen molar-refractivity contribution in [3.05, 3.63) is 78.2 Å². The summed E-state index contributed by atoms with van der Waals surface area (Å²) in [5.74, 6) is 0.948. The molecule has 2 heteroatoms. The van der Waals surface area contributed by atoms with E-state index < -0.39 is 0 Å². The molecule has 3 rings (SSSR count). The van der Waals surface area contributed by atoms with Crippen LogP contribution in [0.25, 0.3) is 0 Å². The van der Waals surface area contributed by atoms with Gasteiger partial charge in [-0.1, -0.05) is 48.5 Å². The number of fused-ring (bicyclic) bond motifs is 1. The molecular weight excluding hydrogens is 222 g/mol. The van der Waals surface area contributed by atoms with E-state index in [0.29, 0.717) is 0 Å². The molecule has 1 aliphatic rings. The topological polar surface area (TPSA) is 12.5 Å². The van der Waals surface area contributed by atoms with Crippen LogP contribution in [0.5, 0.6) is 5.75 Å². The van der Waals surface area contributed by atoms with Crippen LogP contribution in [0, 0.1) is 0 Å². The predicted octanol–water partition coefficient (Wildman–Crippen LogP) is 3.55. The second-order valence-corrected chi connectivity index (χ2v) is 4.40. The summed E-state index contributed by atoms with van der Waals surface area (Å²) >= 11 is 0. The largest absolute Gasteiger partial charge is 0.463 e. The Hall–Kier alpha value is -2.22. The Morgan fingerprint density at radius 3 is 2.61 bits per heavy atom. The molecule has 0 radical (unpaired) electrons. The fourth-order valence-electron chi connectivity index (χ4n) is 2.14. The minimum absolute atomic E-state index is 0.877. The van der Waals surface area contributed by atoms with E-state index in [1.165, 1.54) is 11.1 Å². The Morgan fingerprint density at radius 1 is 0.944 bits per heavy atom. The van der Waals surface area contributed by atoms with E-state index in [1.807, 2.05) is 30.5 Å². The van der Waals surface area contributed by atoms with Gasteiger partial charge in [0.2, 0.25) is 0 Å². The zero-order valence-corrected chi connectivity index (χ0v) is 10.1. The van der Waals surface area contributed by atoms with Gasteiger partial charge < -0.3 is 9.64 Å². The summed E-state index contributed by atoms with van der Waals surface area (Å²) in [6, 6.07) is 18.6. The number of rotatable bonds is 2. The van der Waals surface area contributed by atoms with Gasteiger partial charge in [-0.2, -0.15) is 0 Å².